The number of nitrogens with one attached hydrogen (secondary N) is 1. The fraction of sp³-hybridized carbons (Fsp3) is 0.368. The lowest BCUT2D eigenvalue weighted by Gasteiger charge is -2.15. The molecule has 0 aliphatic heterocycles. The molecule has 2 nitrogen and oxygen atoms in total. The molecule has 0 saturated heterocycles. The van der Waals surface area contributed by atoms with Gasteiger partial charge in [-0.25, -0.2) is 0 Å². The number of ether oxygens (including phenoxy) is 1. The molecular weight excluding hydrogens is 258 g/mol. The lowest BCUT2D eigenvalue weighted by atomic mass is 10.1. The first kappa shape index (κ1) is 14.2. The third-order valence-electron chi connectivity index (χ3n) is 4.21. The molecule has 21 heavy (non-hydrogen) atoms. The van der Waals surface area contributed by atoms with Gasteiger partial charge in [-0.1, -0.05) is 36.4 Å². The second kappa shape index (κ2) is 6.31. The molecule has 2 heteroatoms. The Hall–Kier alpha value is -1.80. The standard InChI is InChI=1S/C19H23NO/c1-14(17-6-4-8-19(12-17)21-2)20-13-15-5-3-7-18(11-15)16-9-10-16/h3-8,11-12,14,16,20H,9-10,13H2,1-2H3/t14-/m1/s1. The van der Waals surface area contributed by atoms with Crippen LogP contribution < -0.4 is 10.1 Å². The van der Waals surface area contributed by atoms with Gasteiger partial charge in [0.25, 0.3) is 0 Å². The van der Waals surface area contributed by atoms with Crippen LogP contribution in [0.1, 0.15) is 48.4 Å². The Morgan fingerprint density at radius 2 is 1.95 bits per heavy atom. The Balaban J connectivity index is 1.62. The minimum Gasteiger partial charge on any atom is -0.497 e. The molecule has 0 aromatic heterocycles. The van der Waals surface area contributed by atoms with E-state index >= 15 is 0 Å². The molecular formula is C19H23NO. The molecule has 2 aromatic carbocycles. The fourth-order valence-electron chi connectivity index (χ4n) is 2.67. The molecule has 1 fully saturated rings. The molecule has 1 aliphatic carbocycles. The summed E-state index contributed by atoms with van der Waals surface area (Å²) in [6.07, 6.45) is 2.72. The van der Waals surface area contributed by atoms with Crippen molar-refractivity contribution in [2.24, 2.45) is 0 Å². The highest BCUT2D eigenvalue weighted by Crippen LogP contribution is 2.40. The van der Waals surface area contributed by atoms with Crippen molar-refractivity contribution in [1.29, 1.82) is 0 Å². The van der Waals surface area contributed by atoms with Crippen LogP contribution in [0.25, 0.3) is 0 Å². The Morgan fingerprint density at radius 1 is 1.14 bits per heavy atom. The number of methoxy groups -OCH3 is 1. The molecule has 1 atom stereocenters. The maximum atomic E-state index is 5.29. The first-order chi connectivity index (χ1) is 10.3. The quantitative estimate of drug-likeness (QED) is 0.846. The highest BCUT2D eigenvalue weighted by molar-refractivity contribution is 5.31. The van der Waals surface area contributed by atoms with Crippen molar-refractivity contribution in [3.8, 4) is 5.75 Å². The van der Waals surface area contributed by atoms with Crippen molar-refractivity contribution in [3.05, 3.63) is 65.2 Å². The van der Waals surface area contributed by atoms with Gasteiger partial charge in [-0.3, -0.25) is 0 Å². The summed E-state index contributed by atoms with van der Waals surface area (Å²) in [6, 6.07) is 17.6. The zero-order valence-electron chi connectivity index (χ0n) is 12.8. The van der Waals surface area contributed by atoms with E-state index in [1.807, 2.05) is 12.1 Å². The summed E-state index contributed by atoms with van der Waals surface area (Å²) in [7, 11) is 1.71. The van der Waals surface area contributed by atoms with Crippen molar-refractivity contribution in [2.75, 3.05) is 7.11 Å². The van der Waals surface area contributed by atoms with Gasteiger partial charge in [-0.15, -0.1) is 0 Å². The van der Waals surface area contributed by atoms with Crippen molar-refractivity contribution in [2.45, 2.75) is 38.3 Å². The topological polar surface area (TPSA) is 21.3 Å². The minimum absolute atomic E-state index is 0.310. The third-order valence-corrected chi connectivity index (χ3v) is 4.21. The smallest absolute Gasteiger partial charge is 0.119 e. The summed E-state index contributed by atoms with van der Waals surface area (Å²) in [5.74, 6) is 1.73. The molecule has 0 bridgehead atoms. The summed E-state index contributed by atoms with van der Waals surface area (Å²) >= 11 is 0. The Kier molecular flexibility index (Phi) is 4.26. The summed E-state index contributed by atoms with van der Waals surface area (Å²) in [5.41, 5.74) is 4.13. The highest BCUT2D eigenvalue weighted by Gasteiger charge is 2.23. The molecule has 0 heterocycles. The molecule has 0 unspecified atom stereocenters. The average molecular weight is 281 g/mol. The first-order valence-electron chi connectivity index (χ1n) is 7.72. The van der Waals surface area contributed by atoms with E-state index in [4.69, 9.17) is 4.74 Å². The second-order valence-corrected chi connectivity index (χ2v) is 5.90. The monoisotopic (exact) mass is 281 g/mol. The van der Waals surface area contributed by atoms with Crippen molar-refractivity contribution in [3.63, 3.8) is 0 Å². The van der Waals surface area contributed by atoms with Gasteiger partial charge in [0.2, 0.25) is 0 Å². The van der Waals surface area contributed by atoms with E-state index in [0.717, 1.165) is 18.2 Å². The predicted octanol–water partition coefficient (Wildman–Crippen LogP) is 4.42. The normalized spacial score (nSPS) is 15.7. The van der Waals surface area contributed by atoms with E-state index in [2.05, 4.69) is 48.6 Å². The van der Waals surface area contributed by atoms with Gasteiger partial charge in [0, 0.05) is 12.6 Å². The summed E-state index contributed by atoms with van der Waals surface area (Å²) in [5, 5.41) is 3.60. The van der Waals surface area contributed by atoms with E-state index in [1.165, 1.54) is 29.5 Å². The van der Waals surface area contributed by atoms with E-state index in [9.17, 15) is 0 Å². The van der Waals surface area contributed by atoms with Crippen molar-refractivity contribution < 1.29 is 4.74 Å². The predicted molar refractivity (Wildman–Crippen MR) is 86.7 cm³/mol. The number of hydrogen-bond acceptors (Lipinski definition) is 2. The van der Waals surface area contributed by atoms with Gasteiger partial charge in [-0.2, -0.15) is 0 Å². The molecule has 1 N–H and O–H groups in total. The molecule has 0 amide bonds. The SMILES string of the molecule is COc1cccc([C@@H](C)NCc2cccc(C3CC3)c2)c1. The molecule has 3 rings (SSSR count). The molecule has 110 valence electrons. The van der Waals surface area contributed by atoms with Gasteiger partial charge >= 0.3 is 0 Å². The molecule has 0 spiro atoms. The third kappa shape index (κ3) is 3.64. The van der Waals surface area contributed by atoms with Crippen LogP contribution in [0.3, 0.4) is 0 Å². The lowest BCUT2D eigenvalue weighted by Crippen LogP contribution is -2.18. The van der Waals surface area contributed by atoms with Crippen LogP contribution in [-0.4, -0.2) is 7.11 Å². The average Bonchev–Trinajstić information content (AvgIpc) is 3.38. The Morgan fingerprint density at radius 3 is 2.71 bits per heavy atom. The maximum absolute atomic E-state index is 5.29. The van der Waals surface area contributed by atoms with Gasteiger partial charge in [0.05, 0.1) is 7.11 Å². The van der Waals surface area contributed by atoms with Crippen LogP contribution >= 0.6 is 0 Å². The van der Waals surface area contributed by atoms with Gasteiger partial charge in [0.15, 0.2) is 0 Å². The van der Waals surface area contributed by atoms with Gasteiger partial charge < -0.3 is 10.1 Å². The van der Waals surface area contributed by atoms with E-state index in [0.29, 0.717) is 6.04 Å². The molecule has 1 saturated carbocycles. The van der Waals surface area contributed by atoms with E-state index in [1.54, 1.807) is 7.11 Å². The van der Waals surface area contributed by atoms with Crippen LogP contribution in [0, 0.1) is 0 Å². The van der Waals surface area contributed by atoms with Crippen molar-refractivity contribution in [1.82, 2.24) is 5.32 Å². The van der Waals surface area contributed by atoms with Gasteiger partial charge in [-0.05, 0) is 54.5 Å². The van der Waals surface area contributed by atoms with Crippen molar-refractivity contribution >= 4 is 0 Å². The number of hydrogen-bond donors (Lipinski definition) is 1. The summed E-state index contributed by atoms with van der Waals surface area (Å²) < 4.78 is 5.29. The van der Waals surface area contributed by atoms with Crippen LogP contribution in [-0.2, 0) is 6.54 Å². The number of benzene rings is 2. The first-order valence-corrected chi connectivity index (χ1v) is 7.72. The number of rotatable bonds is 6. The van der Waals surface area contributed by atoms with Crippen LogP contribution in [0.15, 0.2) is 48.5 Å². The van der Waals surface area contributed by atoms with Crippen LogP contribution in [0.2, 0.25) is 0 Å². The van der Waals surface area contributed by atoms with Crippen LogP contribution in [0.5, 0.6) is 5.75 Å². The second-order valence-electron chi connectivity index (χ2n) is 5.90. The lowest BCUT2D eigenvalue weighted by molar-refractivity contribution is 0.413. The Labute approximate surface area is 127 Å². The Bertz CT molecular complexity index is 604. The summed E-state index contributed by atoms with van der Waals surface area (Å²) in [6.45, 7) is 3.10. The fourth-order valence-corrected chi connectivity index (χ4v) is 2.67. The largest absolute Gasteiger partial charge is 0.497 e. The molecule has 2 aromatic rings. The van der Waals surface area contributed by atoms with Crippen LogP contribution in [0.4, 0.5) is 0 Å². The molecule has 1 aliphatic rings. The molecule has 0 radical (unpaired) electrons. The van der Waals surface area contributed by atoms with E-state index < -0.39 is 0 Å². The summed E-state index contributed by atoms with van der Waals surface area (Å²) in [4.78, 5) is 0. The minimum atomic E-state index is 0.310. The van der Waals surface area contributed by atoms with Gasteiger partial charge in [0.1, 0.15) is 5.75 Å². The zero-order valence-corrected chi connectivity index (χ0v) is 12.8. The highest BCUT2D eigenvalue weighted by atomic mass is 16.5. The zero-order chi connectivity index (χ0) is 14.7. The van der Waals surface area contributed by atoms with E-state index in [-0.39, 0.29) is 0 Å². The maximum Gasteiger partial charge on any atom is 0.119 e.